The second kappa shape index (κ2) is 10.8. The van der Waals surface area contributed by atoms with Crippen molar-refractivity contribution in [3.05, 3.63) is 93.3 Å². The molecule has 0 spiro atoms. The standard InChI is InChI=1S/C29H32N4O3S/c1-5-20(2)35-28(22-11-7-6-8-12-22)36-29(34)33-25-14-10-9-13-24(25)30-26-23(19-21(3)37-26)27(33)32-17-15-31(4)16-18-32/h6-14,19,28H,2,5,15-18H2,1,3-4H3. The van der Waals surface area contributed by atoms with Gasteiger partial charge in [0, 0.05) is 43.0 Å². The fourth-order valence-corrected chi connectivity index (χ4v) is 5.39. The normalized spacial score (nSPS) is 16.2. The number of aryl methyl sites for hydroxylation is 1. The van der Waals surface area contributed by atoms with Gasteiger partial charge in [-0.2, -0.15) is 0 Å². The maximum Gasteiger partial charge on any atom is 0.423 e. The van der Waals surface area contributed by atoms with Crippen LogP contribution in [0.2, 0.25) is 0 Å². The molecule has 1 fully saturated rings. The van der Waals surface area contributed by atoms with Crippen LogP contribution in [0, 0.1) is 6.92 Å². The summed E-state index contributed by atoms with van der Waals surface area (Å²) in [5, 5.41) is 0.940. The molecule has 0 radical (unpaired) electrons. The number of benzene rings is 2. The Hall–Kier alpha value is -3.62. The Bertz CT molecular complexity index is 1410. The summed E-state index contributed by atoms with van der Waals surface area (Å²) in [7, 11) is 2.12. The van der Waals surface area contributed by atoms with E-state index in [-0.39, 0.29) is 0 Å². The van der Waals surface area contributed by atoms with E-state index in [0.29, 0.717) is 17.9 Å². The maximum atomic E-state index is 14.2. The summed E-state index contributed by atoms with van der Waals surface area (Å²) >= 11 is 1.63. The van der Waals surface area contributed by atoms with Crippen molar-refractivity contribution in [2.45, 2.75) is 26.6 Å². The Morgan fingerprint density at radius 1 is 1.05 bits per heavy atom. The fourth-order valence-electron chi connectivity index (χ4n) is 4.50. The number of thiophene rings is 1. The molecule has 1 aromatic heterocycles. The lowest BCUT2D eigenvalue weighted by Gasteiger charge is -2.39. The van der Waals surface area contributed by atoms with Gasteiger partial charge >= 0.3 is 6.09 Å². The first-order valence-corrected chi connectivity index (χ1v) is 13.4. The van der Waals surface area contributed by atoms with Crippen molar-refractivity contribution in [2.24, 2.45) is 4.99 Å². The Balaban J connectivity index is 1.63. The number of rotatable bonds is 6. The minimum atomic E-state index is -0.925. The van der Waals surface area contributed by atoms with Gasteiger partial charge < -0.3 is 19.3 Å². The number of piperazine rings is 1. The molecule has 1 unspecified atom stereocenters. The highest BCUT2D eigenvalue weighted by molar-refractivity contribution is 7.09. The smallest absolute Gasteiger partial charge is 0.423 e. The van der Waals surface area contributed by atoms with E-state index in [2.05, 4.69) is 36.4 Å². The van der Waals surface area contributed by atoms with Gasteiger partial charge in [-0.25, -0.2) is 14.7 Å². The van der Waals surface area contributed by atoms with E-state index in [1.165, 1.54) is 0 Å². The van der Waals surface area contributed by atoms with Crippen LogP contribution in [0.1, 0.15) is 30.1 Å². The van der Waals surface area contributed by atoms with E-state index < -0.39 is 12.4 Å². The SMILES string of the molecule is C=C(CC)OC(OC(=O)N1C(N2CCN(C)CC2)=c2cc(C)sc2=Nc2ccccc21)c1ccccc1. The van der Waals surface area contributed by atoms with Gasteiger partial charge in [0.2, 0.25) is 0 Å². The lowest BCUT2D eigenvalue weighted by Crippen LogP contribution is -2.51. The molecule has 7 nitrogen and oxygen atoms in total. The number of allylic oxidation sites excluding steroid dienone is 1. The molecule has 0 bridgehead atoms. The van der Waals surface area contributed by atoms with Crippen LogP contribution in [0.15, 0.2) is 78.0 Å². The molecule has 1 amide bonds. The number of likely N-dealkylation sites (N-methyl/N-ethyl adjacent to an activating group) is 1. The summed E-state index contributed by atoms with van der Waals surface area (Å²) in [6.45, 7) is 11.4. The zero-order valence-corrected chi connectivity index (χ0v) is 22.3. The van der Waals surface area contributed by atoms with Crippen LogP contribution in [0.4, 0.5) is 16.2 Å². The number of ether oxygens (including phenoxy) is 2. The molecule has 3 heterocycles. The fraction of sp³-hybridized carbons (Fsp3) is 0.310. The first kappa shape index (κ1) is 25.0. The summed E-state index contributed by atoms with van der Waals surface area (Å²) in [5.41, 5.74) is 2.15. The third kappa shape index (κ3) is 5.26. The number of hydrogen-bond acceptors (Lipinski definition) is 7. The van der Waals surface area contributed by atoms with Gasteiger partial charge in [-0.15, -0.1) is 11.3 Å². The average molecular weight is 517 g/mol. The molecule has 3 aromatic rings. The molecule has 2 aliphatic rings. The van der Waals surface area contributed by atoms with E-state index in [1.807, 2.05) is 61.5 Å². The highest BCUT2D eigenvalue weighted by Crippen LogP contribution is 2.35. The highest BCUT2D eigenvalue weighted by atomic mass is 32.1. The number of carbonyl (C=O) groups excluding carboxylic acids is 1. The first-order chi connectivity index (χ1) is 17.9. The highest BCUT2D eigenvalue weighted by Gasteiger charge is 2.34. The first-order valence-electron chi connectivity index (χ1n) is 12.6. The molecule has 2 aromatic carbocycles. The maximum absolute atomic E-state index is 14.2. The Kier molecular flexibility index (Phi) is 7.30. The molecule has 0 N–H and O–H groups in total. The zero-order valence-electron chi connectivity index (χ0n) is 21.5. The molecule has 1 saturated heterocycles. The second-order valence-corrected chi connectivity index (χ2v) is 10.5. The van der Waals surface area contributed by atoms with Crippen LogP contribution >= 0.6 is 11.3 Å². The number of hydrogen-bond donors (Lipinski definition) is 0. The lowest BCUT2D eigenvalue weighted by atomic mass is 10.2. The third-order valence-corrected chi connectivity index (χ3v) is 7.51. The van der Waals surface area contributed by atoms with Gasteiger partial charge in [-0.05, 0) is 32.2 Å². The summed E-state index contributed by atoms with van der Waals surface area (Å²) in [4.78, 5) is 26.6. The number of carbonyl (C=O) groups is 1. The van der Waals surface area contributed by atoms with Crippen molar-refractivity contribution in [1.29, 1.82) is 0 Å². The average Bonchev–Trinajstić information content (AvgIpc) is 3.21. The van der Waals surface area contributed by atoms with Crippen LogP contribution in [0.5, 0.6) is 0 Å². The summed E-state index contributed by atoms with van der Waals surface area (Å²) in [6.07, 6.45) is -0.834. The Labute approximate surface area is 221 Å². The molecule has 192 valence electrons. The molecule has 5 rings (SSSR count). The van der Waals surface area contributed by atoms with Crippen molar-refractivity contribution >= 4 is 34.6 Å². The van der Waals surface area contributed by atoms with E-state index in [4.69, 9.17) is 14.5 Å². The molecule has 37 heavy (non-hydrogen) atoms. The summed E-state index contributed by atoms with van der Waals surface area (Å²) < 4.78 is 13.0. The molecule has 0 aliphatic carbocycles. The minimum absolute atomic E-state index is 0.522. The van der Waals surface area contributed by atoms with Crippen molar-refractivity contribution in [2.75, 3.05) is 38.1 Å². The number of para-hydroxylation sites is 2. The van der Waals surface area contributed by atoms with Gasteiger partial charge in [0.05, 0.1) is 22.4 Å². The van der Waals surface area contributed by atoms with E-state index in [1.54, 1.807) is 16.2 Å². The molecule has 1 atom stereocenters. The van der Waals surface area contributed by atoms with Crippen molar-refractivity contribution in [3.63, 3.8) is 0 Å². The predicted molar refractivity (Wildman–Crippen MR) is 147 cm³/mol. The van der Waals surface area contributed by atoms with Gasteiger partial charge in [0.1, 0.15) is 10.5 Å². The van der Waals surface area contributed by atoms with Crippen molar-refractivity contribution in [3.8, 4) is 0 Å². The number of anilines is 1. The van der Waals surface area contributed by atoms with Crippen molar-refractivity contribution < 1.29 is 14.3 Å². The molecule has 8 heteroatoms. The number of amides is 1. The van der Waals surface area contributed by atoms with Crippen LogP contribution in [-0.4, -0.2) is 49.1 Å². The largest absolute Gasteiger partial charge is 0.455 e. The molecular weight excluding hydrogens is 484 g/mol. The Morgan fingerprint density at radius 3 is 2.49 bits per heavy atom. The zero-order chi connectivity index (χ0) is 25.9. The van der Waals surface area contributed by atoms with Gasteiger partial charge in [0.25, 0.3) is 6.29 Å². The quantitative estimate of drug-likeness (QED) is 0.344. The van der Waals surface area contributed by atoms with E-state index in [0.717, 1.165) is 58.0 Å². The van der Waals surface area contributed by atoms with E-state index >= 15 is 0 Å². The summed E-state index contributed by atoms with van der Waals surface area (Å²) in [6, 6.07) is 19.3. The van der Waals surface area contributed by atoms with Crippen molar-refractivity contribution in [1.82, 2.24) is 9.80 Å². The minimum Gasteiger partial charge on any atom is -0.455 e. The monoisotopic (exact) mass is 516 g/mol. The van der Waals surface area contributed by atoms with Crippen LogP contribution in [0.3, 0.4) is 0 Å². The summed E-state index contributed by atoms with van der Waals surface area (Å²) in [5.74, 6) is 1.35. The van der Waals surface area contributed by atoms with Gasteiger partial charge in [0.15, 0.2) is 0 Å². The lowest BCUT2D eigenvalue weighted by molar-refractivity contribution is -0.0750. The van der Waals surface area contributed by atoms with Gasteiger partial charge in [-0.1, -0.05) is 56.0 Å². The second-order valence-electron chi connectivity index (χ2n) is 9.26. The van der Waals surface area contributed by atoms with Crippen LogP contribution < -0.4 is 14.8 Å². The number of fused-ring (bicyclic) bond motifs is 2. The Morgan fingerprint density at radius 2 is 1.76 bits per heavy atom. The van der Waals surface area contributed by atoms with Crippen LogP contribution in [-0.2, 0) is 9.47 Å². The van der Waals surface area contributed by atoms with Gasteiger partial charge in [-0.3, -0.25) is 0 Å². The van der Waals surface area contributed by atoms with Crippen LogP contribution in [0.25, 0.3) is 5.82 Å². The van der Waals surface area contributed by atoms with E-state index in [9.17, 15) is 4.79 Å². The predicted octanol–water partition coefficient (Wildman–Crippen LogP) is 4.92. The molecule has 2 aliphatic heterocycles. The molecular formula is C29H32N4O3S. The topological polar surface area (TPSA) is 57.6 Å². The third-order valence-electron chi connectivity index (χ3n) is 6.57. The number of nitrogens with zero attached hydrogens (tertiary/aromatic N) is 4. The molecule has 0 saturated carbocycles.